The van der Waals surface area contributed by atoms with Gasteiger partial charge in [0.15, 0.2) is 5.96 Å². The summed E-state index contributed by atoms with van der Waals surface area (Å²) in [6.07, 6.45) is 1.18. The average Bonchev–Trinajstić information content (AvgIpc) is 3.28. The first kappa shape index (κ1) is 22.6. The van der Waals surface area contributed by atoms with Crippen molar-refractivity contribution in [1.29, 1.82) is 0 Å². The third-order valence-electron chi connectivity index (χ3n) is 5.45. The maximum Gasteiger partial charge on any atom is 0.191 e. The minimum atomic E-state index is 0.269. The van der Waals surface area contributed by atoms with Crippen LogP contribution in [-0.4, -0.2) is 63.9 Å². The normalized spacial score (nSPS) is 18.8. The van der Waals surface area contributed by atoms with Crippen molar-refractivity contribution < 1.29 is 9.47 Å². The third-order valence-corrected chi connectivity index (χ3v) is 6.42. The molecule has 1 aromatic carbocycles. The molecule has 0 amide bonds. The van der Waals surface area contributed by atoms with E-state index in [2.05, 4.69) is 70.1 Å². The van der Waals surface area contributed by atoms with E-state index in [1.807, 2.05) is 18.4 Å². The lowest BCUT2D eigenvalue weighted by Crippen LogP contribution is -2.48. The molecule has 0 aliphatic carbocycles. The van der Waals surface area contributed by atoms with Crippen LogP contribution in [0.2, 0.25) is 0 Å². The minimum Gasteiger partial charge on any atom is -0.496 e. The zero-order chi connectivity index (χ0) is 21.3. The van der Waals surface area contributed by atoms with Gasteiger partial charge in [-0.3, -0.25) is 9.89 Å². The van der Waals surface area contributed by atoms with Gasteiger partial charge in [-0.2, -0.15) is 0 Å². The van der Waals surface area contributed by atoms with E-state index in [1.165, 1.54) is 10.4 Å². The molecule has 6 nitrogen and oxygen atoms in total. The van der Waals surface area contributed by atoms with Gasteiger partial charge in [0.25, 0.3) is 0 Å². The van der Waals surface area contributed by atoms with E-state index in [0.717, 1.165) is 56.5 Å². The second-order valence-electron chi connectivity index (χ2n) is 7.64. The van der Waals surface area contributed by atoms with E-state index in [-0.39, 0.29) is 6.10 Å². The predicted molar refractivity (Wildman–Crippen MR) is 125 cm³/mol. The lowest BCUT2D eigenvalue weighted by molar-refractivity contribution is -0.0334. The lowest BCUT2D eigenvalue weighted by Gasteiger charge is -2.37. The summed E-state index contributed by atoms with van der Waals surface area (Å²) < 4.78 is 11.2. The van der Waals surface area contributed by atoms with Crippen molar-refractivity contribution >= 4 is 17.3 Å². The molecule has 1 aromatic heterocycles. The number of thiophene rings is 1. The number of ether oxygens (including phenoxy) is 2. The van der Waals surface area contributed by atoms with Gasteiger partial charge < -0.3 is 20.1 Å². The fourth-order valence-electron chi connectivity index (χ4n) is 3.78. The summed E-state index contributed by atoms with van der Waals surface area (Å²) in [5, 5.41) is 9.11. The largest absolute Gasteiger partial charge is 0.496 e. The number of nitrogens with one attached hydrogen (secondary N) is 2. The Kier molecular flexibility index (Phi) is 8.54. The molecule has 0 saturated carbocycles. The Morgan fingerprint density at radius 3 is 2.93 bits per heavy atom. The van der Waals surface area contributed by atoms with Crippen LogP contribution < -0.4 is 15.4 Å². The maximum atomic E-state index is 5.74. The molecule has 30 heavy (non-hydrogen) atoms. The second-order valence-corrected chi connectivity index (χ2v) is 8.62. The second kappa shape index (κ2) is 11.3. The van der Waals surface area contributed by atoms with Crippen molar-refractivity contribution in [3.05, 3.63) is 51.7 Å². The first-order valence-corrected chi connectivity index (χ1v) is 11.5. The number of benzene rings is 1. The average molecular weight is 431 g/mol. The fraction of sp³-hybridized carbons (Fsp3) is 0.522. The van der Waals surface area contributed by atoms with Crippen LogP contribution >= 0.6 is 11.3 Å². The Labute approximate surface area is 184 Å². The Morgan fingerprint density at radius 2 is 2.23 bits per heavy atom. The molecular weight excluding hydrogens is 396 g/mol. The van der Waals surface area contributed by atoms with E-state index in [4.69, 9.17) is 9.47 Å². The van der Waals surface area contributed by atoms with Gasteiger partial charge >= 0.3 is 0 Å². The van der Waals surface area contributed by atoms with Gasteiger partial charge in [-0.05, 0) is 48.9 Å². The van der Waals surface area contributed by atoms with Crippen LogP contribution in [-0.2, 0) is 11.2 Å². The van der Waals surface area contributed by atoms with E-state index >= 15 is 0 Å². The zero-order valence-electron chi connectivity index (χ0n) is 18.5. The van der Waals surface area contributed by atoms with Crippen molar-refractivity contribution in [1.82, 2.24) is 15.5 Å². The molecule has 0 bridgehead atoms. The number of aliphatic imine (C=N–C) groups is 1. The summed E-state index contributed by atoms with van der Waals surface area (Å²) >= 11 is 1.81. The van der Waals surface area contributed by atoms with Gasteiger partial charge in [-0.1, -0.05) is 18.2 Å². The van der Waals surface area contributed by atoms with E-state index in [1.54, 1.807) is 7.11 Å². The summed E-state index contributed by atoms with van der Waals surface area (Å²) in [6.45, 7) is 8.52. The summed E-state index contributed by atoms with van der Waals surface area (Å²) in [5.41, 5.74) is 2.41. The highest BCUT2D eigenvalue weighted by atomic mass is 32.1. The minimum absolute atomic E-state index is 0.269. The molecule has 0 radical (unpaired) electrons. The van der Waals surface area contributed by atoms with Crippen LogP contribution in [0.15, 0.2) is 40.7 Å². The van der Waals surface area contributed by atoms with Crippen LogP contribution in [0.25, 0.3) is 0 Å². The monoisotopic (exact) mass is 430 g/mol. The van der Waals surface area contributed by atoms with Crippen LogP contribution in [0, 0.1) is 6.92 Å². The molecule has 1 saturated heterocycles. The number of aryl methyl sites for hydroxylation is 1. The number of rotatable bonds is 8. The smallest absolute Gasteiger partial charge is 0.191 e. The Bertz CT molecular complexity index is 810. The molecule has 2 unspecified atom stereocenters. The Hall–Kier alpha value is -2.09. The van der Waals surface area contributed by atoms with Gasteiger partial charge in [0, 0.05) is 38.1 Å². The highest BCUT2D eigenvalue weighted by Crippen LogP contribution is 2.26. The molecular formula is C23H34N4O2S. The van der Waals surface area contributed by atoms with Crippen LogP contribution in [0.3, 0.4) is 0 Å². The van der Waals surface area contributed by atoms with Gasteiger partial charge in [0.05, 0.1) is 25.9 Å². The number of hydrogen-bond donors (Lipinski definition) is 2. The molecule has 2 atom stereocenters. The standard InChI is InChI=1S/C23H34N4O2S/c1-17-7-8-19(14-21(17)28-4)9-10-25-23(24-3)26-15-20(22-6-5-13-30-22)27-11-12-29-18(2)16-27/h5-8,13-14,18,20H,9-12,15-16H2,1-4H3,(H2,24,25,26). The summed E-state index contributed by atoms with van der Waals surface area (Å²) in [6, 6.07) is 11.0. The number of morpholine rings is 1. The molecule has 1 aliphatic heterocycles. The summed E-state index contributed by atoms with van der Waals surface area (Å²) in [7, 11) is 3.54. The van der Waals surface area contributed by atoms with Crippen molar-refractivity contribution in [3.63, 3.8) is 0 Å². The van der Waals surface area contributed by atoms with Gasteiger partial charge in [0.1, 0.15) is 5.75 Å². The third kappa shape index (κ3) is 6.20. The molecule has 1 aliphatic rings. The van der Waals surface area contributed by atoms with Crippen LogP contribution in [0.4, 0.5) is 0 Å². The Balaban J connectivity index is 1.53. The van der Waals surface area contributed by atoms with Crippen molar-refractivity contribution in [2.45, 2.75) is 32.4 Å². The van der Waals surface area contributed by atoms with Gasteiger partial charge in [0.2, 0.25) is 0 Å². The summed E-state index contributed by atoms with van der Waals surface area (Å²) in [5.74, 6) is 1.77. The SMILES string of the molecule is CN=C(NCCc1ccc(C)c(OC)c1)NCC(c1cccs1)N1CCOC(C)C1. The predicted octanol–water partition coefficient (Wildman–Crippen LogP) is 3.23. The van der Waals surface area contributed by atoms with Crippen molar-refractivity contribution in [2.24, 2.45) is 4.99 Å². The molecule has 0 spiro atoms. The molecule has 2 N–H and O–H groups in total. The zero-order valence-corrected chi connectivity index (χ0v) is 19.3. The fourth-order valence-corrected chi connectivity index (χ4v) is 4.64. The molecule has 7 heteroatoms. The van der Waals surface area contributed by atoms with Gasteiger partial charge in [-0.15, -0.1) is 11.3 Å². The van der Waals surface area contributed by atoms with Crippen LogP contribution in [0.1, 0.15) is 29.0 Å². The number of guanidine groups is 1. The van der Waals surface area contributed by atoms with Crippen LogP contribution in [0.5, 0.6) is 5.75 Å². The number of nitrogens with zero attached hydrogens (tertiary/aromatic N) is 2. The topological polar surface area (TPSA) is 58.1 Å². The first-order valence-electron chi connectivity index (χ1n) is 10.6. The molecule has 2 heterocycles. The highest BCUT2D eigenvalue weighted by molar-refractivity contribution is 7.10. The quantitative estimate of drug-likeness (QED) is 0.497. The maximum absolute atomic E-state index is 5.74. The Morgan fingerprint density at radius 1 is 1.37 bits per heavy atom. The van der Waals surface area contributed by atoms with E-state index < -0.39 is 0 Å². The van der Waals surface area contributed by atoms with E-state index in [0.29, 0.717) is 6.04 Å². The van der Waals surface area contributed by atoms with Crippen molar-refractivity contribution in [2.75, 3.05) is 46.9 Å². The molecule has 2 aromatic rings. The summed E-state index contributed by atoms with van der Waals surface area (Å²) in [4.78, 5) is 8.30. The lowest BCUT2D eigenvalue weighted by atomic mass is 10.1. The highest BCUT2D eigenvalue weighted by Gasteiger charge is 2.26. The van der Waals surface area contributed by atoms with Gasteiger partial charge in [-0.25, -0.2) is 0 Å². The molecule has 164 valence electrons. The van der Waals surface area contributed by atoms with Crippen molar-refractivity contribution in [3.8, 4) is 5.75 Å². The first-order chi connectivity index (χ1) is 14.6. The molecule has 3 rings (SSSR count). The molecule has 1 fully saturated rings. The number of methoxy groups -OCH3 is 1. The number of hydrogen-bond acceptors (Lipinski definition) is 5. The van der Waals surface area contributed by atoms with E-state index in [9.17, 15) is 0 Å².